The van der Waals surface area contributed by atoms with Crippen molar-refractivity contribution in [3.05, 3.63) is 127 Å². The van der Waals surface area contributed by atoms with Crippen LogP contribution in [0.1, 0.15) is 46.4 Å². The van der Waals surface area contributed by atoms with Gasteiger partial charge < -0.3 is 14.8 Å². The van der Waals surface area contributed by atoms with Gasteiger partial charge in [-0.3, -0.25) is 9.59 Å². The van der Waals surface area contributed by atoms with E-state index in [-0.39, 0.29) is 18.2 Å². The predicted octanol–water partition coefficient (Wildman–Crippen LogP) is 7.04. The lowest BCUT2D eigenvalue weighted by Gasteiger charge is -2.18. The minimum Gasteiger partial charge on any atom is -0.490 e. The number of benzene rings is 4. The fourth-order valence-electron chi connectivity index (χ4n) is 3.98. The van der Waals surface area contributed by atoms with Gasteiger partial charge in [-0.2, -0.15) is 5.10 Å². The highest BCUT2D eigenvalue weighted by molar-refractivity contribution is 14.1. The number of hydrogen-bond acceptors (Lipinski definition) is 5. The van der Waals surface area contributed by atoms with Gasteiger partial charge in [0.05, 0.1) is 28.9 Å². The molecule has 1 atom stereocenters. The molecule has 2 N–H and O–H groups in total. The number of nitrogens with one attached hydrogen (secondary N) is 2. The highest BCUT2D eigenvalue weighted by Gasteiger charge is 2.19. The molecular weight excluding hydrogens is 697 g/mol. The Bertz CT molecular complexity index is 1480. The SMILES string of the molecule is CCOc1cc(/C=N\NC(=O)C[C@H](NC(=O)c2ccccc2)c2ccccc2)cc(I)c1OCc1ccc(Br)cc1. The summed E-state index contributed by atoms with van der Waals surface area (Å²) in [6.45, 7) is 2.78. The van der Waals surface area contributed by atoms with Gasteiger partial charge in [0.2, 0.25) is 5.91 Å². The summed E-state index contributed by atoms with van der Waals surface area (Å²) in [6.07, 6.45) is 1.58. The van der Waals surface area contributed by atoms with Crippen molar-refractivity contribution >= 4 is 56.5 Å². The first-order chi connectivity index (χ1) is 19.9. The van der Waals surface area contributed by atoms with Crippen LogP contribution in [0, 0.1) is 3.57 Å². The summed E-state index contributed by atoms with van der Waals surface area (Å²) >= 11 is 5.65. The lowest BCUT2D eigenvalue weighted by Crippen LogP contribution is -2.32. The number of halogens is 2. The highest BCUT2D eigenvalue weighted by Crippen LogP contribution is 2.34. The van der Waals surface area contributed by atoms with E-state index in [0.717, 1.165) is 24.7 Å². The first-order valence-corrected chi connectivity index (χ1v) is 14.9. The van der Waals surface area contributed by atoms with Gasteiger partial charge in [-0.15, -0.1) is 0 Å². The molecule has 0 saturated carbocycles. The van der Waals surface area contributed by atoms with Crippen LogP contribution >= 0.6 is 38.5 Å². The van der Waals surface area contributed by atoms with E-state index < -0.39 is 6.04 Å². The molecule has 0 aliphatic rings. The third-order valence-electron chi connectivity index (χ3n) is 5.96. The Labute approximate surface area is 261 Å². The minimum absolute atomic E-state index is 0.0183. The average molecular weight is 726 g/mol. The van der Waals surface area contributed by atoms with Crippen molar-refractivity contribution < 1.29 is 19.1 Å². The first kappa shape index (κ1) is 30.3. The van der Waals surface area contributed by atoms with Gasteiger partial charge >= 0.3 is 0 Å². The fourth-order valence-corrected chi connectivity index (χ4v) is 5.03. The van der Waals surface area contributed by atoms with E-state index in [1.807, 2.05) is 79.7 Å². The minimum atomic E-state index is -0.522. The molecule has 0 unspecified atom stereocenters. The smallest absolute Gasteiger partial charge is 0.251 e. The Kier molecular flexibility index (Phi) is 11.3. The van der Waals surface area contributed by atoms with Crippen LogP contribution in [0.2, 0.25) is 0 Å². The second-order valence-electron chi connectivity index (χ2n) is 8.98. The number of carbonyl (C=O) groups is 2. The standard InChI is InChI=1S/C32H29BrIN3O4/c1-2-40-29-18-23(17-27(34)31(29)41-21-22-13-15-26(33)16-14-22)20-35-37-30(38)19-28(24-9-5-3-6-10-24)36-32(39)25-11-7-4-8-12-25/h3-18,20,28H,2,19,21H2,1H3,(H,36,39)(H,37,38)/b35-20-/t28-/m0/s1. The predicted molar refractivity (Wildman–Crippen MR) is 172 cm³/mol. The molecule has 9 heteroatoms. The molecule has 0 fully saturated rings. The van der Waals surface area contributed by atoms with Gasteiger partial charge in [-0.25, -0.2) is 5.43 Å². The van der Waals surface area contributed by atoms with Gasteiger partial charge in [-0.05, 0) is 82.6 Å². The molecule has 2 amide bonds. The molecule has 4 aromatic rings. The molecule has 0 aromatic heterocycles. The van der Waals surface area contributed by atoms with Crippen molar-refractivity contribution in [2.75, 3.05) is 6.61 Å². The Morgan fingerprint density at radius 2 is 1.63 bits per heavy atom. The van der Waals surface area contributed by atoms with Crippen LogP contribution in [-0.2, 0) is 11.4 Å². The molecular formula is C32H29BrIN3O4. The van der Waals surface area contributed by atoms with Crippen LogP contribution in [0.15, 0.2) is 107 Å². The number of nitrogens with zero attached hydrogens (tertiary/aromatic N) is 1. The Morgan fingerprint density at radius 3 is 2.32 bits per heavy atom. The van der Waals surface area contributed by atoms with E-state index in [1.165, 1.54) is 0 Å². The van der Waals surface area contributed by atoms with Crippen molar-refractivity contribution in [1.82, 2.24) is 10.7 Å². The number of hydrogen-bond donors (Lipinski definition) is 2. The maximum Gasteiger partial charge on any atom is 0.251 e. The molecule has 4 rings (SSSR count). The summed E-state index contributed by atoms with van der Waals surface area (Å²) < 4.78 is 13.8. The summed E-state index contributed by atoms with van der Waals surface area (Å²) in [5, 5.41) is 7.12. The molecule has 4 aromatic carbocycles. The van der Waals surface area contributed by atoms with E-state index in [2.05, 4.69) is 54.4 Å². The zero-order valence-electron chi connectivity index (χ0n) is 22.3. The molecule has 0 radical (unpaired) electrons. The monoisotopic (exact) mass is 725 g/mol. The fraction of sp³-hybridized carbons (Fsp3) is 0.156. The van der Waals surface area contributed by atoms with E-state index in [0.29, 0.717) is 30.3 Å². The van der Waals surface area contributed by atoms with Crippen LogP contribution < -0.4 is 20.2 Å². The number of rotatable bonds is 12. The van der Waals surface area contributed by atoms with Crippen molar-refractivity contribution in [1.29, 1.82) is 0 Å². The molecule has 0 aliphatic carbocycles. The van der Waals surface area contributed by atoms with Gasteiger partial charge in [0.1, 0.15) is 6.61 Å². The van der Waals surface area contributed by atoms with Crippen molar-refractivity contribution in [3.63, 3.8) is 0 Å². The van der Waals surface area contributed by atoms with E-state index in [4.69, 9.17) is 9.47 Å². The second kappa shape index (κ2) is 15.3. The molecule has 0 aliphatic heterocycles. The van der Waals surface area contributed by atoms with Gasteiger partial charge in [-0.1, -0.05) is 76.6 Å². The Hall–Kier alpha value is -3.70. The molecule has 41 heavy (non-hydrogen) atoms. The third-order valence-corrected chi connectivity index (χ3v) is 7.29. The molecule has 0 spiro atoms. The molecule has 0 bridgehead atoms. The normalized spacial score (nSPS) is 11.6. The van der Waals surface area contributed by atoms with Crippen LogP contribution in [0.4, 0.5) is 0 Å². The molecule has 0 saturated heterocycles. The number of hydrazone groups is 1. The average Bonchev–Trinajstić information content (AvgIpc) is 2.98. The largest absolute Gasteiger partial charge is 0.490 e. The van der Waals surface area contributed by atoms with Crippen molar-refractivity contribution in [2.24, 2.45) is 5.10 Å². The van der Waals surface area contributed by atoms with E-state index >= 15 is 0 Å². The lowest BCUT2D eigenvalue weighted by atomic mass is 10.0. The summed E-state index contributed by atoms with van der Waals surface area (Å²) in [5.74, 6) is 0.655. The van der Waals surface area contributed by atoms with Gasteiger partial charge in [0.15, 0.2) is 11.5 Å². The van der Waals surface area contributed by atoms with Crippen LogP contribution in [0.25, 0.3) is 0 Å². The molecule has 210 valence electrons. The van der Waals surface area contributed by atoms with Gasteiger partial charge in [0, 0.05) is 10.0 Å². The first-order valence-electron chi connectivity index (χ1n) is 13.0. The van der Waals surface area contributed by atoms with Gasteiger partial charge in [0.25, 0.3) is 5.91 Å². The lowest BCUT2D eigenvalue weighted by molar-refractivity contribution is -0.121. The highest BCUT2D eigenvalue weighted by atomic mass is 127. The molecule has 7 nitrogen and oxygen atoms in total. The molecule has 0 heterocycles. The summed E-state index contributed by atoms with van der Waals surface area (Å²) in [4.78, 5) is 25.6. The maximum atomic E-state index is 12.8. The summed E-state index contributed by atoms with van der Waals surface area (Å²) in [6, 6.07) is 29.4. The number of carbonyl (C=O) groups excluding carboxylic acids is 2. The quantitative estimate of drug-likeness (QED) is 0.0932. The van der Waals surface area contributed by atoms with E-state index in [1.54, 1.807) is 30.5 Å². The Morgan fingerprint density at radius 1 is 0.951 bits per heavy atom. The summed E-state index contributed by atoms with van der Waals surface area (Å²) in [7, 11) is 0. The van der Waals surface area contributed by atoms with Crippen LogP contribution in [-0.4, -0.2) is 24.6 Å². The van der Waals surface area contributed by atoms with Crippen LogP contribution in [0.5, 0.6) is 11.5 Å². The number of ether oxygens (including phenoxy) is 2. The number of amides is 2. The third kappa shape index (κ3) is 9.15. The zero-order valence-corrected chi connectivity index (χ0v) is 26.1. The van der Waals surface area contributed by atoms with Crippen molar-refractivity contribution in [3.8, 4) is 11.5 Å². The topological polar surface area (TPSA) is 89.0 Å². The zero-order chi connectivity index (χ0) is 29.0. The second-order valence-corrected chi connectivity index (χ2v) is 11.1. The van der Waals surface area contributed by atoms with Crippen molar-refractivity contribution in [2.45, 2.75) is 26.0 Å². The van der Waals surface area contributed by atoms with E-state index in [9.17, 15) is 9.59 Å². The Balaban J connectivity index is 1.41. The van der Waals surface area contributed by atoms with Crippen LogP contribution in [0.3, 0.4) is 0 Å². The maximum absolute atomic E-state index is 12.8. The summed E-state index contributed by atoms with van der Waals surface area (Å²) in [5.41, 5.74) is 5.71.